The monoisotopic (exact) mass is 493 g/mol. The van der Waals surface area contributed by atoms with Crippen molar-refractivity contribution in [2.45, 2.75) is 44.6 Å². The molecule has 192 valence electrons. The Bertz CT molecular complexity index is 1110. The molecule has 1 aromatic heterocycles. The van der Waals surface area contributed by atoms with Crippen LogP contribution in [0.25, 0.3) is 0 Å². The molecule has 36 heavy (non-hydrogen) atoms. The molecule has 1 saturated heterocycles. The maximum Gasteiger partial charge on any atom is 0.251 e. The Morgan fingerprint density at radius 1 is 1.25 bits per heavy atom. The van der Waals surface area contributed by atoms with Gasteiger partial charge in [-0.1, -0.05) is 12.8 Å². The summed E-state index contributed by atoms with van der Waals surface area (Å²) >= 11 is 0. The molecule has 1 aliphatic carbocycles. The van der Waals surface area contributed by atoms with Gasteiger partial charge >= 0.3 is 0 Å². The molecule has 3 N–H and O–H groups in total. The zero-order valence-electron chi connectivity index (χ0n) is 21.0. The van der Waals surface area contributed by atoms with Crippen molar-refractivity contribution in [3.8, 4) is 5.75 Å². The van der Waals surface area contributed by atoms with Gasteiger partial charge in [0.05, 0.1) is 19.0 Å². The fraction of sp³-hybridized carbons (Fsp3) is 0.538. The third kappa shape index (κ3) is 5.09. The minimum absolute atomic E-state index is 0.0702. The van der Waals surface area contributed by atoms with Crippen LogP contribution in [0.3, 0.4) is 0 Å². The lowest BCUT2D eigenvalue weighted by Gasteiger charge is -2.30. The second-order valence-electron chi connectivity index (χ2n) is 9.85. The minimum Gasteiger partial charge on any atom is -0.495 e. The lowest BCUT2D eigenvalue weighted by atomic mass is 10.1. The number of benzene rings is 1. The zero-order chi connectivity index (χ0) is 25.1. The van der Waals surface area contributed by atoms with E-state index in [1.54, 1.807) is 37.4 Å². The van der Waals surface area contributed by atoms with E-state index in [2.05, 4.69) is 25.8 Å². The number of amides is 2. The minimum atomic E-state index is -0.118. The number of ether oxygens (including phenoxy) is 1. The quantitative estimate of drug-likeness (QED) is 0.540. The van der Waals surface area contributed by atoms with Gasteiger partial charge in [-0.2, -0.15) is 4.98 Å². The Morgan fingerprint density at radius 2 is 2.08 bits per heavy atom. The van der Waals surface area contributed by atoms with Crippen molar-refractivity contribution in [2.75, 3.05) is 55.5 Å². The number of hydrogen-bond acceptors (Lipinski definition) is 8. The maximum atomic E-state index is 12.7. The van der Waals surface area contributed by atoms with Crippen molar-refractivity contribution in [1.29, 1.82) is 0 Å². The molecule has 3 aliphatic rings. The molecule has 3 heterocycles. The van der Waals surface area contributed by atoms with Crippen molar-refractivity contribution in [1.82, 2.24) is 20.6 Å². The van der Waals surface area contributed by atoms with Crippen molar-refractivity contribution in [2.24, 2.45) is 5.92 Å². The van der Waals surface area contributed by atoms with E-state index in [4.69, 9.17) is 9.72 Å². The number of carbonyl (C=O) groups is 2. The van der Waals surface area contributed by atoms with Crippen LogP contribution in [-0.2, 0) is 4.79 Å². The van der Waals surface area contributed by atoms with Crippen LogP contribution in [0.1, 0.15) is 48.9 Å². The number of fused-ring (bicyclic) bond motifs is 1. The number of rotatable bonds is 7. The molecule has 0 unspecified atom stereocenters. The molecule has 1 aromatic carbocycles. The van der Waals surface area contributed by atoms with Crippen molar-refractivity contribution in [3.63, 3.8) is 0 Å². The summed E-state index contributed by atoms with van der Waals surface area (Å²) in [6, 6.07) is 5.70. The normalized spacial score (nSPS) is 20.3. The highest BCUT2D eigenvalue weighted by atomic mass is 16.5. The Morgan fingerprint density at radius 3 is 2.83 bits per heavy atom. The summed E-state index contributed by atoms with van der Waals surface area (Å²) in [5, 5.41) is 9.60. The van der Waals surface area contributed by atoms with Gasteiger partial charge in [-0.15, -0.1) is 0 Å². The lowest BCUT2D eigenvalue weighted by Crippen LogP contribution is -2.34. The summed E-state index contributed by atoms with van der Waals surface area (Å²) < 4.78 is 5.58. The number of hydrogen-bond donors (Lipinski definition) is 3. The Balaban J connectivity index is 1.36. The Kier molecular flexibility index (Phi) is 7.22. The van der Waals surface area contributed by atoms with Crippen molar-refractivity contribution in [3.05, 3.63) is 30.0 Å². The van der Waals surface area contributed by atoms with Crippen LogP contribution < -0.4 is 30.5 Å². The van der Waals surface area contributed by atoms with Crippen molar-refractivity contribution >= 4 is 35.0 Å². The molecule has 2 aliphatic heterocycles. The zero-order valence-corrected chi connectivity index (χ0v) is 21.0. The summed E-state index contributed by atoms with van der Waals surface area (Å²) in [7, 11) is 3.36. The molecule has 0 radical (unpaired) electrons. The number of methoxy groups -OCH3 is 1. The van der Waals surface area contributed by atoms with Crippen LogP contribution in [0.5, 0.6) is 5.75 Å². The molecule has 0 spiro atoms. The van der Waals surface area contributed by atoms with Crippen LogP contribution in [0.4, 0.5) is 23.1 Å². The smallest absolute Gasteiger partial charge is 0.251 e. The number of nitrogens with one attached hydrogen (secondary N) is 3. The maximum absolute atomic E-state index is 12.7. The number of aromatic nitrogens is 2. The van der Waals surface area contributed by atoms with Crippen LogP contribution >= 0.6 is 0 Å². The summed E-state index contributed by atoms with van der Waals surface area (Å²) in [6.07, 6.45) is 7.87. The number of nitrogens with zero attached hydrogens (tertiary/aromatic N) is 4. The standard InChI is InChI=1S/C26H35N7O3/c1-32-21-16-29-26(31-24(21)33(12-10-23(32)34)19-5-3-4-6-19)30-20-8-7-18(13-22(20)36-2)25(35)28-15-17-9-11-27-14-17/h7-8,13,16-17,19,27H,3-6,9-12,14-15H2,1-2H3,(H,28,35)(H,29,30,31)/t17-/m0/s1. The summed E-state index contributed by atoms with van der Waals surface area (Å²) in [5.74, 6) is 2.16. The van der Waals surface area contributed by atoms with Gasteiger partial charge in [-0.3, -0.25) is 9.59 Å². The first kappa shape index (κ1) is 24.3. The van der Waals surface area contributed by atoms with Gasteiger partial charge < -0.3 is 30.5 Å². The predicted molar refractivity (Wildman–Crippen MR) is 139 cm³/mol. The first-order valence-electron chi connectivity index (χ1n) is 12.9. The molecular formula is C26H35N7O3. The fourth-order valence-electron chi connectivity index (χ4n) is 5.35. The van der Waals surface area contributed by atoms with Crippen LogP contribution in [0, 0.1) is 5.92 Å². The molecule has 5 rings (SSSR count). The van der Waals surface area contributed by atoms with Gasteiger partial charge in [0.2, 0.25) is 11.9 Å². The van der Waals surface area contributed by atoms with E-state index < -0.39 is 0 Å². The second kappa shape index (κ2) is 10.7. The second-order valence-corrected chi connectivity index (χ2v) is 9.85. The van der Waals surface area contributed by atoms with E-state index in [0.717, 1.165) is 43.9 Å². The summed E-state index contributed by atoms with van der Waals surface area (Å²) in [6.45, 7) is 3.26. The third-order valence-electron chi connectivity index (χ3n) is 7.51. The number of anilines is 4. The number of carbonyl (C=O) groups excluding carboxylic acids is 2. The average molecular weight is 494 g/mol. The highest BCUT2D eigenvalue weighted by Gasteiger charge is 2.31. The van der Waals surface area contributed by atoms with Crippen LogP contribution in [-0.4, -0.2) is 68.2 Å². The molecule has 10 nitrogen and oxygen atoms in total. The SMILES string of the molecule is COc1cc(C(=O)NC[C@H]2CCNC2)ccc1Nc1ncc2c(n1)N(C1CCCC1)CCC(=O)N2C. The molecule has 2 fully saturated rings. The molecule has 0 bridgehead atoms. The van der Waals surface area contributed by atoms with Gasteiger partial charge in [0.25, 0.3) is 5.91 Å². The van der Waals surface area contributed by atoms with E-state index in [9.17, 15) is 9.59 Å². The first-order chi connectivity index (χ1) is 17.5. The summed E-state index contributed by atoms with van der Waals surface area (Å²) in [4.78, 5) is 38.6. The topological polar surface area (TPSA) is 112 Å². The molecule has 2 amide bonds. The molecule has 2 aromatic rings. The first-order valence-corrected chi connectivity index (χ1v) is 12.9. The van der Waals surface area contributed by atoms with Gasteiger partial charge in [0.15, 0.2) is 5.82 Å². The average Bonchev–Trinajstić information content (AvgIpc) is 3.60. The van der Waals surface area contributed by atoms with Crippen LogP contribution in [0.2, 0.25) is 0 Å². The molecule has 10 heteroatoms. The van der Waals surface area contributed by atoms with E-state index in [0.29, 0.717) is 54.4 Å². The largest absolute Gasteiger partial charge is 0.495 e. The van der Waals surface area contributed by atoms with Gasteiger partial charge in [0, 0.05) is 38.2 Å². The van der Waals surface area contributed by atoms with Gasteiger partial charge in [0.1, 0.15) is 11.4 Å². The Labute approximate surface area is 211 Å². The molecule has 1 atom stereocenters. The lowest BCUT2D eigenvalue weighted by molar-refractivity contribution is -0.118. The highest BCUT2D eigenvalue weighted by molar-refractivity contribution is 5.97. The molecular weight excluding hydrogens is 458 g/mol. The summed E-state index contributed by atoms with van der Waals surface area (Å²) in [5.41, 5.74) is 1.93. The van der Waals surface area contributed by atoms with E-state index >= 15 is 0 Å². The van der Waals surface area contributed by atoms with E-state index in [1.807, 2.05) is 6.07 Å². The molecule has 1 saturated carbocycles. The van der Waals surface area contributed by atoms with E-state index in [-0.39, 0.29) is 11.8 Å². The van der Waals surface area contributed by atoms with Crippen molar-refractivity contribution < 1.29 is 14.3 Å². The Hall–Kier alpha value is -3.40. The highest BCUT2D eigenvalue weighted by Crippen LogP contribution is 2.37. The third-order valence-corrected chi connectivity index (χ3v) is 7.51. The predicted octanol–water partition coefficient (Wildman–Crippen LogP) is 2.68. The van der Waals surface area contributed by atoms with Gasteiger partial charge in [-0.25, -0.2) is 4.98 Å². The van der Waals surface area contributed by atoms with Crippen LogP contribution in [0.15, 0.2) is 24.4 Å². The van der Waals surface area contributed by atoms with Gasteiger partial charge in [-0.05, 0) is 56.5 Å². The van der Waals surface area contributed by atoms with E-state index in [1.165, 1.54) is 12.8 Å². The fourth-order valence-corrected chi connectivity index (χ4v) is 5.35.